The summed E-state index contributed by atoms with van der Waals surface area (Å²) in [7, 11) is 0. The Kier molecular flexibility index (Phi) is 5.61. The molecule has 0 atom stereocenters. The Morgan fingerprint density at radius 2 is 1.95 bits per heavy atom. The van der Waals surface area contributed by atoms with Gasteiger partial charge in [0.25, 0.3) is 11.8 Å². The van der Waals surface area contributed by atoms with Gasteiger partial charge in [0.15, 0.2) is 0 Å². The molecule has 1 aliphatic heterocycles. The molecular formula is C14H17N3O3. The number of imide groups is 1. The number of allylic oxidation sites excluding steroid dienone is 4. The molecule has 0 radical (unpaired) electrons. The molecular weight excluding hydrogens is 258 g/mol. The summed E-state index contributed by atoms with van der Waals surface area (Å²) in [4.78, 5) is 35.3. The van der Waals surface area contributed by atoms with Crippen molar-refractivity contribution in [2.45, 2.75) is 13.3 Å². The largest absolute Gasteiger partial charge is 0.330 e. The molecule has 0 unspecified atom stereocenters. The van der Waals surface area contributed by atoms with Crippen LogP contribution in [0.5, 0.6) is 0 Å². The molecule has 3 N–H and O–H groups in total. The first-order valence-corrected chi connectivity index (χ1v) is 6.06. The molecule has 3 amide bonds. The van der Waals surface area contributed by atoms with E-state index < -0.39 is 0 Å². The zero-order chi connectivity index (χ0) is 15.1. The lowest BCUT2D eigenvalue weighted by molar-refractivity contribution is -0.134. The minimum Gasteiger partial charge on any atom is -0.330 e. The van der Waals surface area contributed by atoms with Crippen molar-refractivity contribution >= 4 is 17.7 Å². The summed E-state index contributed by atoms with van der Waals surface area (Å²) in [5, 5.41) is 2.61. The van der Waals surface area contributed by atoms with Gasteiger partial charge >= 0.3 is 0 Å². The average molecular weight is 275 g/mol. The lowest BCUT2D eigenvalue weighted by atomic mass is 10.3. The van der Waals surface area contributed by atoms with Crippen molar-refractivity contribution in [1.82, 2.24) is 10.2 Å². The summed E-state index contributed by atoms with van der Waals surface area (Å²) in [6, 6.07) is 0. The summed E-state index contributed by atoms with van der Waals surface area (Å²) in [6.45, 7) is 5.46. The second-order valence-electron chi connectivity index (χ2n) is 4.07. The van der Waals surface area contributed by atoms with Crippen molar-refractivity contribution in [2.24, 2.45) is 5.73 Å². The van der Waals surface area contributed by atoms with Crippen LogP contribution in [-0.4, -0.2) is 29.2 Å². The molecule has 0 bridgehead atoms. The number of amides is 3. The number of rotatable bonds is 6. The van der Waals surface area contributed by atoms with Crippen molar-refractivity contribution < 1.29 is 14.4 Å². The van der Waals surface area contributed by atoms with E-state index in [1.165, 1.54) is 18.2 Å². The van der Waals surface area contributed by atoms with E-state index in [2.05, 4.69) is 11.9 Å². The molecule has 0 aliphatic carbocycles. The van der Waals surface area contributed by atoms with E-state index in [-0.39, 0.29) is 30.7 Å². The third-order valence-corrected chi connectivity index (χ3v) is 2.54. The number of hydrogen-bond donors (Lipinski definition) is 2. The van der Waals surface area contributed by atoms with Gasteiger partial charge in [0, 0.05) is 36.5 Å². The number of nitrogens with two attached hydrogens (primary N) is 1. The highest BCUT2D eigenvalue weighted by molar-refractivity contribution is 6.14. The van der Waals surface area contributed by atoms with Crippen molar-refractivity contribution in [1.29, 1.82) is 0 Å². The molecule has 1 rings (SSSR count). The number of nitrogens with zero attached hydrogens (tertiary/aromatic N) is 1. The summed E-state index contributed by atoms with van der Waals surface area (Å²) in [6.07, 6.45) is 7.21. The monoisotopic (exact) mass is 275 g/mol. The van der Waals surface area contributed by atoms with Crippen LogP contribution in [0.2, 0.25) is 0 Å². The molecule has 0 aromatic rings. The molecule has 0 aromatic carbocycles. The SMILES string of the molecule is C=C/C(=C\C=C(/C)N1C(=O)C=CC1=O)NC(=O)CCN. The van der Waals surface area contributed by atoms with Crippen molar-refractivity contribution in [3.05, 3.63) is 48.4 Å². The summed E-state index contributed by atoms with van der Waals surface area (Å²) >= 11 is 0. The van der Waals surface area contributed by atoms with Crippen molar-refractivity contribution in [2.75, 3.05) is 6.54 Å². The molecule has 1 heterocycles. The number of carbonyl (C=O) groups excluding carboxylic acids is 3. The lowest BCUT2D eigenvalue weighted by Crippen LogP contribution is -2.28. The quantitative estimate of drug-likeness (QED) is 0.540. The highest BCUT2D eigenvalue weighted by Gasteiger charge is 2.24. The van der Waals surface area contributed by atoms with E-state index in [0.717, 1.165) is 4.90 Å². The van der Waals surface area contributed by atoms with Gasteiger partial charge in [-0.1, -0.05) is 6.58 Å². The Morgan fingerprint density at radius 1 is 1.35 bits per heavy atom. The molecule has 0 fully saturated rings. The fraction of sp³-hybridized carbons (Fsp3) is 0.214. The third kappa shape index (κ3) is 4.03. The molecule has 0 saturated heterocycles. The highest BCUT2D eigenvalue weighted by Crippen LogP contribution is 2.12. The van der Waals surface area contributed by atoms with Crippen LogP contribution in [0, 0.1) is 0 Å². The lowest BCUT2D eigenvalue weighted by Gasteiger charge is -2.13. The van der Waals surface area contributed by atoms with Crippen LogP contribution < -0.4 is 11.1 Å². The summed E-state index contributed by atoms with van der Waals surface area (Å²) < 4.78 is 0. The van der Waals surface area contributed by atoms with E-state index in [1.54, 1.807) is 19.1 Å². The van der Waals surface area contributed by atoms with Crippen LogP contribution in [-0.2, 0) is 14.4 Å². The van der Waals surface area contributed by atoms with Gasteiger partial charge in [-0.05, 0) is 25.2 Å². The Morgan fingerprint density at radius 3 is 2.45 bits per heavy atom. The standard InChI is InChI=1S/C14H17N3O3/c1-3-11(16-12(18)8-9-15)5-4-10(2)17-13(19)6-7-14(17)20/h3-7H,1,8-9,15H2,2H3,(H,16,18)/b10-4+,11-5+. The Labute approximate surface area is 117 Å². The van der Waals surface area contributed by atoms with Crippen LogP contribution in [0.3, 0.4) is 0 Å². The second-order valence-corrected chi connectivity index (χ2v) is 4.07. The van der Waals surface area contributed by atoms with Crippen molar-refractivity contribution in [3.8, 4) is 0 Å². The Hall–Kier alpha value is -2.47. The maximum atomic E-state index is 11.5. The molecule has 20 heavy (non-hydrogen) atoms. The van der Waals surface area contributed by atoms with Gasteiger partial charge in [0.2, 0.25) is 5.91 Å². The molecule has 106 valence electrons. The normalized spacial score (nSPS) is 15.8. The molecule has 6 heteroatoms. The maximum absolute atomic E-state index is 11.5. The highest BCUT2D eigenvalue weighted by atomic mass is 16.2. The average Bonchev–Trinajstić information content (AvgIpc) is 2.74. The first-order valence-electron chi connectivity index (χ1n) is 6.06. The molecule has 1 aliphatic rings. The van der Waals surface area contributed by atoms with E-state index >= 15 is 0 Å². The van der Waals surface area contributed by atoms with Crippen LogP contribution in [0.25, 0.3) is 0 Å². The fourth-order valence-corrected chi connectivity index (χ4v) is 1.55. The van der Waals surface area contributed by atoms with E-state index in [9.17, 15) is 14.4 Å². The van der Waals surface area contributed by atoms with E-state index in [1.807, 2.05) is 0 Å². The van der Waals surface area contributed by atoms with Gasteiger partial charge < -0.3 is 11.1 Å². The van der Waals surface area contributed by atoms with Crippen molar-refractivity contribution in [3.63, 3.8) is 0 Å². The third-order valence-electron chi connectivity index (χ3n) is 2.54. The Bertz CT molecular complexity index is 512. The number of nitrogens with one attached hydrogen (secondary N) is 1. The van der Waals surface area contributed by atoms with Gasteiger partial charge in [-0.2, -0.15) is 0 Å². The Balaban J connectivity index is 2.78. The maximum Gasteiger partial charge on any atom is 0.257 e. The van der Waals surface area contributed by atoms with Gasteiger partial charge in [-0.3, -0.25) is 14.4 Å². The molecule has 0 spiro atoms. The first-order chi connectivity index (χ1) is 9.49. The minimum atomic E-state index is -0.385. The topological polar surface area (TPSA) is 92.5 Å². The van der Waals surface area contributed by atoms with Crippen LogP contribution in [0.1, 0.15) is 13.3 Å². The summed E-state index contributed by atoms with van der Waals surface area (Å²) in [5.74, 6) is -0.992. The van der Waals surface area contributed by atoms with Crippen LogP contribution in [0.4, 0.5) is 0 Å². The van der Waals surface area contributed by atoms with Crippen LogP contribution >= 0.6 is 0 Å². The number of carbonyl (C=O) groups is 3. The van der Waals surface area contributed by atoms with Crippen LogP contribution in [0.15, 0.2) is 48.4 Å². The zero-order valence-electron chi connectivity index (χ0n) is 11.3. The van der Waals surface area contributed by atoms with Gasteiger partial charge in [-0.15, -0.1) is 0 Å². The van der Waals surface area contributed by atoms with Gasteiger partial charge in [0.05, 0.1) is 0 Å². The fourth-order valence-electron chi connectivity index (χ4n) is 1.55. The smallest absolute Gasteiger partial charge is 0.257 e. The minimum absolute atomic E-state index is 0.209. The number of hydrogen-bond acceptors (Lipinski definition) is 4. The van der Waals surface area contributed by atoms with Gasteiger partial charge in [0.1, 0.15) is 0 Å². The van der Waals surface area contributed by atoms with E-state index in [4.69, 9.17) is 5.73 Å². The molecule has 6 nitrogen and oxygen atoms in total. The molecule has 0 aromatic heterocycles. The predicted octanol–water partition coefficient (Wildman–Crippen LogP) is 0.350. The predicted molar refractivity (Wildman–Crippen MR) is 74.8 cm³/mol. The second kappa shape index (κ2) is 7.20. The first kappa shape index (κ1) is 15.6. The van der Waals surface area contributed by atoms with Gasteiger partial charge in [-0.25, -0.2) is 4.90 Å². The zero-order valence-corrected chi connectivity index (χ0v) is 11.3. The van der Waals surface area contributed by atoms with E-state index in [0.29, 0.717) is 11.4 Å². The molecule has 0 saturated carbocycles. The summed E-state index contributed by atoms with van der Waals surface area (Å²) in [5.41, 5.74) is 6.20.